The molecule has 1 aliphatic rings. The maximum absolute atomic E-state index is 9.15. The molecule has 0 spiro atoms. The Morgan fingerprint density at radius 2 is 2.41 bits per heavy atom. The van der Waals surface area contributed by atoms with Gasteiger partial charge < -0.3 is 14.7 Å². The Labute approximate surface area is 110 Å². The fourth-order valence-corrected chi connectivity index (χ4v) is 3.16. The summed E-state index contributed by atoms with van der Waals surface area (Å²) in [4.78, 5) is 7.30. The SMILES string of the molecule is CCC1COC(C)CN1c1nc(Cl)c(CO)s1. The van der Waals surface area contributed by atoms with Gasteiger partial charge in [0.1, 0.15) is 5.15 Å². The third kappa shape index (κ3) is 2.73. The van der Waals surface area contributed by atoms with Crippen molar-refractivity contribution in [2.75, 3.05) is 18.1 Å². The number of nitrogens with zero attached hydrogens (tertiary/aromatic N) is 2. The second kappa shape index (κ2) is 5.52. The number of aliphatic hydroxyl groups is 1. The van der Waals surface area contributed by atoms with Crippen molar-refractivity contribution in [3.05, 3.63) is 10.0 Å². The van der Waals surface area contributed by atoms with E-state index in [0.29, 0.717) is 11.2 Å². The summed E-state index contributed by atoms with van der Waals surface area (Å²) in [6.45, 7) is 5.70. The van der Waals surface area contributed by atoms with Crippen molar-refractivity contribution < 1.29 is 9.84 Å². The Bertz CT molecular complexity index is 386. The molecule has 1 N–H and O–H groups in total. The van der Waals surface area contributed by atoms with Crippen LogP contribution in [-0.4, -0.2) is 35.4 Å². The zero-order valence-corrected chi connectivity index (χ0v) is 11.6. The number of morpholine rings is 1. The van der Waals surface area contributed by atoms with E-state index in [9.17, 15) is 0 Å². The van der Waals surface area contributed by atoms with E-state index in [2.05, 4.69) is 23.7 Å². The van der Waals surface area contributed by atoms with Crippen molar-refractivity contribution in [1.29, 1.82) is 0 Å². The number of halogens is 1. The molecule has 0 saturated carbocycles. The van der Waals surface area contributed by atoms with E-state index in [-0.39, 0.29) is 12.7 Å². The Morgan fingerprint density at radius 1 is 1.65 bits per heavy atom. The van der Waals surface area contributed by atoms with Crippen LogP contribution in [0.25, 0.3) is 0 Å². The van der Waals surface area contributed by atoms with Crippen LogP contribution >= 0.6 is 22.9 Å². The molecule has 0 bridgehead atoms. The van der Waals surface area contributed by atoms with E-state index in [1.165, 1.54) is 11.3 Å². The minimum Gasteiger partial charge on any atom is -0.391 e. The first-order valence-corrected chi connectivity index (χ1v) is 6.99. The summed E-state index contributed by atoms with van der Waals surface area (Å²) in [6, 6.07) is 0.347. The summed E-state index contributed by atoms with van der Waals surface area (Å²) in [7, 11) is 0. The van der Waals surface area contributed by atoms with Gasteiger partial charge in [-0.15, -0.1) is 0 Å². The van der Waals surface area contributed by atoms with Crippen LogP contribution in [-0.2, 0) is 11.3 Å². The first-order valence-electron chi connectivity index (χ1n) is 5.80. The largest absolute Gasteiger partial charge is 0.391 e. The average Bonchev–Trinajstić information content (AvgIpc) is 2.70. The molecule has 2 atom stereocenters. The monoisotopic (exact) mass is 276 g/mol. The van der Waals surface area contributed by atoms with Gasteiger partial charge in [0.25, 0.3) is 0 Å². The lowest BCUT2D eigenvalue weighted by molar-refractivity contribution is 0.0299. The van der Waals surface area contributed by atoms with Crippen LogP contribution in [0.4, 0.5) is 5.13 Å². The Kier molecular flexibility index (Phi) is 4.25. The first kappa shape index (κ1) is 13.1. The van der Waals surface area contributed by atoms with Crippen LogP contribution in [0.2, 0.25) is 5.15 Å². The van der Waals surface area contributed by atoms with Crippen molar-refractivity contribution in [3.8, 4) is 0 Å². The van der Waals surface area contributed by atoms with Crippen LogP contribution in [0.1, 0.15) is 25.1 Å². The molecule has 6 heteroatoms. The standard InChI is InChI=1S/C11H17ClN2O2S/c1-3-8-6-16-7(2)4-14(8)11-13-10(12)9(5-15)17-11/h7-8,15H,3-6H2,1-2H3. The fourth-order valence-electron chi connectivity index (χ4n) is 1.96. The molecule has 2 rings (SSSR count). The summed E-state index contributed by atoms with van der Waals surface area (Å²) < 4.78 is 5.65. The minimum atomic E-state index is -0.0484. The van der Waals surface area contributed by atoms with Crippen molar-refractivity contribution in [1.82, 2.24) is 4.98 Å². The highest BCUT2D eigenvalue weighted by atomic mass is 35.5. The van der Waals surface area contributed by atoms with Crippen LogP contribution in [0.3, 0.4) is 0 Å². The van der Waals surface area contributed by atoms with E-state index in [0.717, 1.165) is 29.6 Å². The number of anilines is 1. The molecular weight excluding hydrogens is 260 g/mol. The van der Waals surface area contributed by atoms with Gasteiger partial charge in [-0.25, -0.2) is 4.98 Å². The summed E-state index contributed by atoms with van der Waals surface area (Å²) in [6.07, 6.45) is 1.22. The second-order valence-electron chi connectivity index (χ2n) is 4.23. The molecule has 2 heterocycles. The lowest BCUT2D eigenvalue weighted by Gasteiger charge is -2.38. The number of hydrogen-bond acceptors (Lipinski definition) is 5. The van der Waals surface area contributed by atoms with Gasteiger partial charge in [0.05, 0.1) is 30.2 Å². The van der Waals surface area contributed by atoms with Crippen LogP contribution in [0, 0.1) is 0 Å². The van der Waals surface area contributed by atoms with E-state index < -0.39 is 0 Å². The van der Waals surface area contributed by atoms with Crippen LogP contribution in [0.15, 0.2) is 0 Å². The quantitative estimate of drug-likeness (QED) is 0.920. The molecule has 1 saturated heterocycles. The highest BCUT2D eigenvalue weighted by Crippen LogP contribution is 2.32. The lowest BCUT2D eigenvalue weighted by Crippen LogP contribution is -2.48. The molecule has 1 aliphatic heterocycles. The summed E-state index contributed by atoms with van der Waals surface area (Å²) in [5, 5.41) is 10.5. The van der Waals surface area contributed by atoms with Crippen molar-refractivity contribution >= 4 is 28.1 Å². The van der Waals surface area contributed by atoms with E-state index in [1.807, 2.05) is 0 Å². The molecule has 0 aliphatic carbocycles. The maximum Gasteiger partial charge on any atom is 0.187 e. The van der Waals surface area contributed by atoms with Gasteiger partial charge >= 0.3 is 0 Å². The van der Waals surface area contributed by atoms with Gasteiger partial charge in [-0.2, -0.15) is 0 Å². The maximum atomic E-state index is 9.15. The molecule has 96 valence electrons. The Balaban J connectivity index is 2.22. The molecule has 17 heavy (non-hydrogen) atoms. The predicted octanol–water partition coefficient (Wildman–Crippen LogP) is 2.29. The molecule has 1 fully saturated rings. The normalized spacial score (nSPS) is 25.3. The van der Waals surface area contributed by atoms with Gasteiger partial charge in [0, 0.05) is 6.54 Å². The molecule has 1 aromatic rings. The third-order valence-electron chi connectivity index (χ3n) is 2.97. The van der Waals surface area contributed by atoms with Crippen molar-refractivity contribution in [2.24, 2.45) is 0 Å². The molecule has 0 radical (unpaired) electrons. The van der Waals surface area contributed by atoms with Crippen molar-refractivity contribution in [3.63, 3.8) is 0 Å². The van der Waals surface area contributed by atoms with Gasteiger partial charge in [0.15, 0.2) is 5.13 Å². The van der Waals surface area contributed by atoms with Crippen molar-refractivity contribution in [2.45, 2.75) is 39.0 Å². The zero-order valence-electron chi connectivity index (χ0n) is 10.0. The zero-order chi connectivity index (χ0) is 12.4. The number of thiazole rings is 1. The highest BCUT2D eigenvalue weighted by Gasteiger charge is 2.28. The van der Waals surface area contributed by atoms with Crippen LogP contribution < -0.4 is 4.90 Å². The molecule has 0 amide bonds. The topological polar surface area (TPSA) is 45.6 Å². The third-order valence-corrected chi connectivity index (χ3v) is 4.47. The smallest absolute Gasteiger partial charge is 0.187 e. The fraction of sp³-hybridized carbons (Fsp3) is 0.727. The summed E-state index contributed by atoms with van der Waals surface area (Å²) >= 11 is 7.44. The molecule has 2 unspecified atom stereocenters. The molecule has 0 aromatic carbocycles. The number of aliphatic hydroxyl groups excluding tert-OH is 1. The molecule has 4 nitrogen and oxygen atoms in total. The van der Waals surface area contributed by atoms with E-state index in [4.69, 9.17) is 21.4 Å². The van der Waals surface area contributed by atoms with E-state index >= 15 is 0 Å². The van der Waals surface area contributed by atoms with Gasteiger partial charge in [-0.1, -0.05) is 29.9 Å². The Hall–Kier alpha value is -0.360. The highest BCUT2D eigenvalue weighted by molar-refractivity contribution is 7.16. The minimum absolute atomic E-state index is 0.0484. The number of rotatable bonds is 3. The van der Waals surface area contributed by atoms with Gasteiger partial charge in [-0.3, -0.25) is 0 Å². The predicted molar refractivity (Wildman–Crippen MR) is 69.9 cm³/mol. The average molecular weight is 277 g/mol. The number of ether oxygens (including phenoxy) is 1. The van der Waals surface area contributed by atoms with Gasteiger partial charge in [0.2, 0.25) is 0 Å². The second-order valence-corrected chi connectivity index (χ2v) is 5.65. The molecular formula is C11H17ClN2O2S. The number of hydrogen-bond donors (Lipinski definition) is 1. The van der Waals surface area contributed by atoms with Gasteiger partial charge in [-0.05, 0) is 13.3 Å². The first-order chi connectivity index (χ1) is 8.15. The number of aromatic nitrogens is 1. The lowest BCUT2D eigenvalue weighted by atomic mass is 10.1. The summed E-state index contributed by atoms with van der Waals surface area (Å²) in [5.41, 5.74) is 0. The molecule has 1 aromatic heterocycles. The Morgan fingerprint density at radius 3 is 3.00 bits per heavy atom. The van der Waals surface area contributed by atoms with E-state index in [1.54, 1.807) is 0 Å². The summed E-state index contributed by atoms with van der Waals surface area (Å²) in [5.74, 6) is 0. The van der Waals surface area contributed by atoms with Crippen LogP contribution in [0.5, 0.6) is 0 Å².